The first-order valence-electron chi connectivity index (χ1n) is 6.67. The fourth-order valence-corrected chi connectivity index (χ4v) is 2.54. The van der Waals surface area contributed by atoms with Crippen molar-refractivity contribution in [3.63, 3.8) is 0 Å². The summed E-state index contributed by atoms with van der Waals surface area (Å²) in [4.78, 5) is 0. The molecule has 1 aliphatic heterocycles. The third-order valence-corrected chi connectivity index (χ3v) is 3.76. The summed E-state index contributed by atoms with van der Waals surface area (Å²) in [5.41, 5.74) is -0.611. The van der Waals surface area contributed by atoms with Crippen molar-refractivity contribution < 1.29 is 18.6 Å². The van der Waals surface area contributed by atoms with Gasteiger partial charge in [0.15, 0.2) is 0 Å². The van der Waals surface area contributed by atoms with Crippen molar-refractivity contribution in [2.24, 2.45) is 5.92 Å². The summed E-state index contributed by atoms with van der Waals surface area (Å²) in [5.74, 6) is -0.883. The summed E-state index contributed by atoms with van der Waals surface area (Å²) in [6.07, 6.45) is 1.16. The fourth-order valence-electron chi connectivity index (χ4n) is 2.54. The van der Waals surface area contributed by atoms with Gasteiger partial charge in [-0.05, 0) is 24.0 Å². The monoisotopic (exact) mass is 270 g/mol. The van der Waals surface area contributed by atoms with Gasteiger partial charge in [-0.15, -0.1) is 0 Å². The molecular formula is C15H20F2O2. The van der Waals surface area contributed by atoms with Crippen LogP contribution < -0.4 is 0 Å². The first-order chi connectivity index (χ1) is 8.89. The van der Waals surface area contributed by atoms with Crippen molar-refractivity contribution in [1.29, 1.82) is 0 Å². The molecule has 1 saturated heterocycles. The molecular weight excluding hydrogens is 250 g/mol. The summed E-state index contributed by atoms with van der Waals surface area (Å²) in [6, 6.07) is 3.49. The maximum Gasteiger partial charge on any atom is 0.129 e. The van der Waals surface area contributed by atoms with E-state index in [9.17, 15) is 13.9 Å². The average Bonchev–Trinajstić information content (AvgIpc) is 2.33. The topological polar surface area (TPSA) is 29.5 Å². The number of halogens is 2. The zero-order chi connectivity index (χ0) is 14.0. The second-order valence-electron chi connectivity index (χ2n) is 5.74. The lowest BCUT2D eigenvalue weighted by Gasteiger charge is -2.38. The molecule has 106 valence electrons. The number of hydrogen-bond acceptors (Lipinski definition) is 2. The highest BCUT2D eigenvalue weighted by molar-refractivity contribution is 5.20. The smallest absolute Gasteiger partial charge is 0.129 e. The van der Waals surface area contributed by atoms with Crippen molar-refractivity contribution in [2.75, 3.05) is 6.61 Å². The second kappa shape index (κ2) is 5.55. The van der Waals surface area contributed by atoms with Crippen molar-refractivity contribution in [3.8, 4) is 0 Å². The maximum atomic E-state index is 13.6. The first kappa shape index (κ1) is 14.4. The standard InChI is InChI=1S/C15H20F2O2/c1-10(2)14-9-15(18,5-6-19-14)8-11-3-4-12(16)7-13(11)17/h3-4,7,10,14,18H,5-6,8-9H2,1-2H3. The van der Waals surface area contributed by atoms with Gasteiger partial charge in [-0.1, -0.05) is 19.9 Å². The predicted octanol–water partition coefficient (Wildman–Crippen LogP) is 3.07. The average molecular weight is 270 g/mol. The molecule has 2 nitrogen and oxygen atoms in total. The van der Waals surface area contributed by atoms with Gasteiger partial charge in [-0.3, -0.25) is 0 Å². The number of aliphatic hydroxyl groups is 1. The van der Waals surface area contributed by atoms with E-state index in [1.165, 1.54) is 12.1 Å². The Kier molecular flexibility index (Phi) is 4.21. The van der Waals surface area contributed by atoms with Crippen LogP contribution in [-0.2, 0) is 11.2 Å². The van der Waals surface area contributed by atoms with Crippen molar-refractivity contribution >= 4 is 0 Å². The van der Waals surface area contributed by atoms with E-state index in [2.05, 4.69) is 0 Å². The van der Waals surface area contributed by atoms with Gasteiger partial charge in [-0.25, -0.2) is 8.78 Å². The second-order valence-corrected chi connectivity index (χ2v) is 5.74. The molecule has 2 unspecified atom stereocenters. The lowest BCUT2D eigenvalue weighted by Crippen LogP contribution is -2.44. The van der Waals surface area contributed by atoms with Crippen LogP contribution in [0.3, 0.4) is 0 Å². The van der Waals surface area contributed by atoms with Gasteiger partial charge < -0.3 is 9.84 Å². The van der Waals surface area contributed by atoms with E-state index in [0.29, 0.717) is 30.9 Å². The predicted molar refractivity (Wildman–Crippen MR) is 68.8 cm³/mol. The Morgan fingerprint density at radius 3 is 2.79 bits per heavy atom. The van der Waals surface area contributed by atoms with Gasteiger partial charge in [0.05, 0.1) is 11.7 Å². The molecule has 0 bridgehead atoms. The molecule has 0 saturated carbocycles. The van der Waals surface area contributed by atoms with Gasteiger partial charge in [0.1, 0.15) is 11.6 Å². The van der Waals surface area contributed by atoms with E-state index in [1.54, 1.807) is 0 Å². The number of benzene rings is 1. The van der Waals surface area contributed by atoms with Crippen molar-refractivity contribution in [3.05, 3.63) is 35.4 Å². The van der Waals surface area contributed by atoms with Gasteiger partial charge in [0.2, 0.25) is 0 Å². The lowest BCUT2D eigenvalue weighted by molar-refractivity contribution is -0.116. The molecule has 1 heterocycles. The number of hydrogen-bond donors (Lipinski definition) is 1. The Morgan fingerprint density at radius 2 is 2.16 bits per heavy atom. The van der Waals surface area contributed by atoms with Crippen molar-refractivity contribution in [2.45, 2.75) is 44.8 Å². The highest BCUT2D eigenvalue weighted by Crippen LogP contribution is 2.32. The largest absolute Gasteiger partial charge is 0.389 e. The molecule has 1 aromatic carbocycles. The van der Waals surface area contributed by atoms with Gasteiger partial charge >= 0.3 is 0 Å². The summed E-state index contributed by atoms with van der Waals surface area (Å²) < 4.78 is 32.1. The molecule has 2 atom stereocenters. The highest BCUT2D eigenvalue weighted by atomic mass is 19.1. The maximum absolute atomic E-state index is 13.6. The Balaban J connectivity index is 2.12. The van der Waals surface area contributed by atoms with E-state index in [0.717, 1.165) is 6.07 Å². The van der Waals surface area contributed by atoms with E-state index < -0.39 is 17.2 Å². The molecule has 4 heteroatoms. The normalized spacial score (nSPS) is 27.8. The molecule has 0 radical (unpaired) electrons. The third-order valence-electron chi connectivity index (χ3n) is 3.76. The summed E-state index contributed by atoms with van der Waals surface area (Å²) >= 11 is 0. The van der Waals surface area contributed by atoms with E-state index in [-0.39, 0.29) is 12.5 Å². The Morgan fingerprint density at radius 1 is 1.42 bits per heavy atom. The minimum atomic E-state index is -0.966. The zero-order valence-electron chi connectivity index (χ0n) is 11.3. The highest BCUT2D eigenvalue weighted by Gasteiger charge is 2.36. The van der Waals surface area contributed by atoms with Crippen LogP contribution in [0.15, 0.2) is 18.2 Å². The van der Waals surface area contributed by atoms with Crippen LogP contribution in [0, 0.1) is 17.6 Å². The van der Waals surface area contributed by atoms with Crippen LogP contribution in [0.2, 0.25) is 0 Å². The molecule has 1 N–H and O–H groups in total. The summed E-state index contributed by atoms with van der Waals surface area (Å²) in [6.45, 7) is 4.55. The molecule has 1 aromatic rings. The third kappa shape index (κ3) is 3.51. The Labute approximate surface area is 112 Å². The molecule has 1 fully saturated rings. The summed E-state index contributed by atoms with van der Waals surface area (Å²) in [5, 5.41) is 10.6. The van der Waals surface area contributed by atoms with Crippen LogP contribution in [-0.4, -0.2) is 23.4 Å². The van der Waals surface area contributed by atoms with Gasteiger partial charge in [0, 0.05) is 25.5 Å². The lowest BCUT2D eigenvalue weighted by atomic mass is 9.82. The first-order valence-corrected chi connectivity index (χ1v) is 6.67. The van der Waals surface area contributed by atoms with Gasteiger partial charge in [-0.2, -0.15) is 0 Å². The number of ether oxygens (including phenoxy) is 1. The molecule has 0 spiro atoms. The van der Waals surface area contributed by atoms with E-state index in [1.807, 2.05) is 13.8 Å². The van der Waals surface area contributed by atoms with E-state index >= 15 is 0 Å². The molecule has 1 aliphatic rings. The van der Waals surface area contributed by atoms with Crippen LogP contribution in [0.4, 0.5) is 8.78 Å². The van der Waals surface area contributed by atoms with E-state index in [4.69, 9.17) is 4.74 Å². The minimum Gasteiger partial charge on any atom is -0.389 e. The van der Waals surface area contributed by atoms with Crippen LogP contribution in [0.1, 0.15) is 32.3 Å². The fraction of sp³-hybridized carbons (Fsp3) is 0.600. The van der Waals surface area contributed by atoms with Crippen LogP contribution in [0.5, 0.6) is 0 Å². The molecule has 0 amide bonds. The zero-order valence-corrected chi connectivity index (χ0v) is 11.3. The van der Waals surface area contributed by atoms with Crippen molar-refractivity contribution in [1.82, 2.24) is 0 Å². The Bertz CT molecular complexity index is 448. The molecule has 2 rings (SSSR count). The quantitative estimate of drug-likeness (QED) is 0.914. The molecule has 0 aromatic heterocycles. The minimum absolute atomic E-state index is 0.0118. The van der Waals surface area contributed by atoms with Crippen LogP contribution >= 0.6 is 0 Å². The summed E-state index contributed by atoms with van der Waals surface area (Å²) in [7, 11) is 0. The SMILES string of the molecule is CC(C)C1CC(O)(Cc2ccc(F)cc2F)CCO1. The number of rotatable bonds is 3. The van der Waals surface area contributed by atoms with Gasteiger partial charge in [0.25, 0.3) is 0 Å². The van der Waals surface area contributed by atoms with Crippen LogP contribution in [0.25, 0.3) is 0 Å². The molecule has 19 heavy (non-hydrogen) atoms. The Hall–Kier alpha value is -1.00. The molecule has 0 aliphatic carbocycles.